The van der Waals surface area contributed by atoms with Crippen LogP contribution in [0.1, 0.15) is 29.5 Å². The molecule has 1 saturated heterocycles. The Morgan fingerprint density at radius 3 is 2.35 bits per heavy atom. The van der Waals surface area contributed by atoms with Crippen LogP contribution in [0.25, 0.3) is 11.3 Å². The molecular weight excluding hydrogens is 514 g/mol. The summed E-state index contributed by atoms with van der Waals surface area (Å²) >= 11 is 0. The molecule has 1 aliphatic heterocycles. The first-order valence-electron chi connectivity index (χ1n) is 11.4. The van der Waals surface area contributed by atoms with Gasteiger partial charge in [0.25, 0.3) is 0 Å². The Hall–Kier alpha value is -3.32. The van der Waals surface area contributed by atoms with E-state index in [0.29, 0.717) is 55.5 Å². The zero-order valence-corrected chi connectivity index (χ0v) is 21.1. The molecule has 1 aliphatic rings. The average Bonchev–Trinajstić information content (AvgIpc) is 2.85. The lowest BCUT2D eigenvalue weighted by Gasteiger charge is -2.34. The van der Waals surface area contributed by atoms with Crippen LogP contribution in [-0.4, -0.2) is 49.8 Å². The predicted molar refractivity (Wildman–Crippen MR) is 128 cm³/mol. The zero-order valence-electron chi connectivity index (χ0n) is 20.3. The molecule has 1 aromatic carbocycles. The van der Waals surface area contributed by atoms with E-state index in [9.17, 15) is 26.0 Å². The number of methoxy groups -OCH3 is 1. The highest BCUT2D eigenvalue weighted by Gasteiger charge is 2.38. The van der Waals surface area contributed by atoms with E-state index < -0.39 is 38.5 Å². The molecule has 1 fully saturated rings. The fourth-order valence-corrected chi connectivity index (χ4v) is 5.77. The van der Waals surface area contributed by atoms with Gasteiger partial charge >= 0.3 is 6.18 Å². The normalized spacial score (nSPS) is 15.2. The first-order valence-corrected chi connectivity index (χ1v) is 12.9. The lowest BCUT2D eigenvalue weighted by molar-refractivity contribution is -0.140. The third-order valence-corrected chi connectivity index (χ3v) is 7.95. The third-order valence-electron chi connectivity index (χ3n) is 6.37. The lowest BCUT2D eigenvalue weighted by atomic mass is 10.0. The van der Waals surface area contributed by atoms with Crippen molar-refractivity contribution >= 4 is 15.8 Å². The van der Waals surface area contributed by atoms with Gasteiger partial charge in [0, 0.05) is 37.0 Å². The molecule has 0 bridgehead atoms. The maximum atomic E-state index is 13.4. The summed E-state index contributed by atoms with van der Waals surface area (Å²) in [5, 5.41) is 8.77. The van der Waals surface area contributed by atoms with Crippen LogP contribution in [0.4, 0.5) is 23.4 Å². The number of sulfonamides is 1. The Morgan fingerprint density at radius 1 is 1.05 bits per heavy atom. The molecule has 198 valence electrons. The van der Waals surface area contributed by atoms with Gasteiger partial charge in [-0.25, -0.2) is 22.5 Å². The van der Waals surface area contributed by atoms with Gasteiger partial charge in [0.05, 0.1) is 23.3 Å². The van der Waals surface area contributed by atoms with E-state index in [1.807, 2.05) is 24.8 Å². The van der Waals surface area contributed by atoms with Crippen molar-refractivity contribution in [3.8, 4) is 17.1 Å². The van der Waals surface area contributed by atoms with Gasteiger partial charge in [0.1, 0.15) is 5.82 Å². The van der Waals surface area contributed by atoms with Gasteiger partial charge in [-0.15, -0.1) is 10.2 Å². The molecule has 0 saturated carbocycles. The monoisotopic (exact) mass is 539 g/mol. The average molecular weight is 540 g/mol. The number of hydrogen-bond donors (Lipinski definition) is 1. The number of alkyl halides is 3. The molecular formula is C24H25F4N5O3S. The van der Waals surface area contributed by atoms with Crippen LogP contribution in [-0.2, 0) is 16.2 Å². The summed E-state index contributed by atoms with van der Waals surface area (Å²) in [4.78, 5) is 5.17. The predicted octanol–water partition coefficient (Wildman–Crippen LogP) is 4.27. The SMILES string of the molecule is COc1ccc(-c2nnc(N3CCC(NS(=O)(=O)c4ccc(F)cc4C(F)(F)F)CC3)c(C)c2C)cn1. The Labute approximate surface area is 211 Å². The topological polar surface area (TPSA) is 97.3 Å². The summed E-state index contributed by atoms with van der Waals surface area (Å²) in [6, 6.07) is 4.50. The maximum absolute atomic E-state index is 13.4. The maximum Gasteiger partial charge on any atom is 0.417 e. The summed E-state index contributed by atoms with van der Waals surface area (Å²) in [6.07, 6.45) is -2.69. The number of benzene rings is 1. The number of hydrogen-bond acceptors (Lipinski definition) is 7. The Balaban J connectivity index is 1.47. The first-order chi connectivity index (χ1) is 17.4. The molecule has 0 radical (unpaired) electrons. The van der Waals surface area contributed by atoms with Crippen molar-refractivity contribution in [1.82, 2.24) is 19.9 Å². The summed E-state index contributed by atoms with van der Waals surface area (Å²) < 4.78 is 86.3. The van der Waals surface area contributed by atoms with Gasteiger partial charge in [-0.05, 0) is 62.1 Å². The van der Waals surface area contributed by atoms with E-state index in [4.69, 9.17) is 4.74 Å². The second-order valence-electron chi connectivity index (χ2n) is 8.73. The van der Waals surface area contributed by atoms with E-state index >= 15 is 0 Å². The van der Waals surface area contributed by atoms with Crippen molar-refractivity contribution < 1.29 is 30.7 Å². The molecule has 3 heterocycles. The fraction of sp³-hybridized carbons (Fsp3) is 0.375. The molecule has 0 amide bonds. The molecule has 4 rings (SSSR count). The summed E-state index contributed by atoms with van der Waals surface area (Å²) in [6.45, 7) is 4.68. The van der Waals surface area contributed by atoms with Crippen LogP contribution in [0.3, 0.4) is 0 Å². The van der Waals surface area contributed by atoms with Gasteiger partial charge in [0.15, 0.2) is 5.82 Å². The number of ether oxygens (including phenoxy) is 1. The second kappa shape index (κ2) is 10.2. The molecule has 0 spiro atoms. The number of nitrogens with one attached hydrogen (secondary N) is 1. The van der Waals surface area contributed by atoms with E-state index in [2.05, 4.69) is 19.9 Å². The summed E-state index contributed by atoms with van der Waals surface area (Å²) in [5.41, 5.74) is 1.74. The van der Waals surface area contributed by atoms with E-state index in [-0.39, 0.29) is 6.07 Å². The molecule has 2 aromatic heterocycles. The van der Waals surface area contributed by atoms with Crippen molar-refractivity contribution in [3.63, 3.8) is 0 Å². The quantitative estimate of drug-likeness (QED) is 0.468. The third kappa shape index (κ3) is 5.67. The summed E-state index contributed by atoms with van der Waals surface area (Å²) in [7, 11) is -3.00. The molecule has 0 aliphatic carbocycles. The first kappa shape index (κ1) is 26.7. The van der Waals surface area contributed by atoms with Crippen LogP contribution in [0, 0.1) is 19.7 Å². The lowest BCUT2D eigenvalue weighted by Crippen LogP contribution is -2.45. The van der Waals surface area contributed by atoms with Crippen molar-refractivity contribution in [2.45, 2.75) is 43.8 Å². The fourth-order valence-electron chi connectivity index (χ4n) is 4.26. The van der Waals surface area contributed by atoms with Crippen LogP contribution in [0.15, 0.2) is 41.4 Å². The number of pyridine rings is 1. The van der Waals surface area contributed by atoms with E-state index in [0.717, 1.165) is 16.7 Å². The van der Waals surface area contributed by atoms with Gasteiger partial charge in [0.2, 0.25) is 15.9 Å². The van der Waals surface area contributed by atoms with Gasteiger partial charge < -0.3 is 9.64 Å². The van der Waals surface area contributed by atoms with Crippen molar-refractivity contribution in [2.24, 2.45) is 0 Å². The molecule has 0 atom stereocenters. The Morgan fingerprint density at radius 2 is 1.76 bits per heavy atom. The number of nitrogens with zero attached hydrogens (tertiary/aromatic N) is 4. The number of rotatable bonds is 6. The Kier molecular flexibility index (Phi) is 7.38. The molecule has 3 aromatic rings. The van der Waals surface area contributed by atoms with E-state index in [1.165, 1.54) is 7.11 Å². The van der Waals surface area contributed by atoms with Crippen LogP contribution < -0.4 is 14.4 Å². The second-order valence-corrected chi connectivity index (χ2v) is 10.4. The molecule has 1 N–H and O–H groups in total. The number of piperidine rings is 1. The largest absolute Gasteiger partial charge is 0.481 e. The molecule has 37 heavy (non-hydrogen) atoms. The highest BCUT2D eigenvalue weighted by atomic mass is 32.2. The highest BCUT2D eigenvalue weighted by Crippen LogP contribution is 2.35. The number of anilines is 1. The molecule has 13 heteroatoms. The standard InChI is InChI=1S/C24H25F4N5O3S/c1-14-15(2)23(31-30-22(14)16-4-7-21(36-3)29-13-16)33-10-8-18(9-11-33)32-37(34,35)20-6-5-17(25)12-19(20)24(26,27)28/h4-7,12-13,18,32H,8-11H2,1-3H3. The minimum Gasteiger partial charge on any atom is -0.481 e. The highest BCUT2D eigenvalue weighted by molar-refractivity contribution is 7.89. The van der Waals surface area contributed by atoms with Crippen molar-refractivity contribution in [2.75, 3.05) is 25.1 Å². The summed E-state index contributed by atoms with van der Waals surface area (Å²) in [5.74, 6) is -0.0298. The minimum absolute atomic E-state index is 0.187. The zero-order chi connectivity index (χ0) is 27.0. The Bertz CT molecular complexity index is 1390. The van der Waals surface area contributed by atoms with Crippen LogP contribution >= 0.6 is 0 Å². The number of aromatic nitrogens is 3. The minimum atomic E-state index is -5.02. The van der Waals surface area contributed by atoms with Crippen LogP contribution in [0.2, 0.25) is 0 Å². The van der Waals surface area contributed by atoms with Crippen molar-refractivity contribution in [1.29, 1.82) is 0 Å². The van der Waals surface area contributed by atoms with Crippen molar-refractivity contribution in [3.05, 3.63) is 59.0 Å². The molecule has 8 nitrogen and oxygen atoms in total. The van der Waals surface area contributed by atoms with Gasteiger partial charge in [-0.3, -0.25) is 0 Å². The van der Waals surface area contributed by atoms with Gasteiger partial charge in [-0.1, -0.05) is 0 Å². The van der Waals surface area contributed by atoms with E-state index in [1.54, 1.807) is 12.3 Å². The number of halogens is 4. The molecule has 0 unspecified atom stereocenters. The van der Waals surface area contributed by atoms with Gasteiger partial charge in [-0.2, -0.15) is 13.2 Å². The smallest absolute Gasteiger partial charge is 0.417 e. The van der Waals surface area contributed by atoms with Crippen LogP contribution in [0.5, 0.6) is 5.88 Å².